The van der Waals surface area contributed by atoms with Crippen LogP contribution in [0.2, 0.25) is 0 Å². The van der Waals surface area contributed by atoms with Crippen molar-refractivity contribution in [2.75, 3.05) is 0 Å². The molecule has 0 aliphatic heterocycles. The van der Waals surface area contributed by atoms with E-state index < -0.39 is 29.7 Å². The number of rotatable bonds is 6. The highest BCUT2D eigenvalue weighted by molar-refractivity contribution is 5.80. The molecule has 0 amide bonds. The first kappa shape index (κ1) is 12.4. The maximum Gasteiger partial charge on any atom is 0.307 e. The van der Waals surface area contributed by atoms with E-state index in [1.165, 1.54) is 6.92 Å². The minimum absolute atomic E-state index is 0.169. The second kappa shape index (κ2) is 5.21. The van der Waals surface area contributed by atoms with Crippen LogP contribution in [0.15, 0.2) is 0 Å². The van der Waals surface area contributed by atoms with Crippen LogP contribution in [0, 0.1) is 11.8 Å². The van der Waals surface area contributed by atoms with Gasteiger partial charge < -0.3 is 15.3 Å². The van der Waals surface area contributed by atoms with E-state index in [2.05, 4.69) is 0 Å². The maximum atomic E-state index is 10.6. The predicted molar refractivity (Wildman–Crippen MR) is 44.8 cm³/mol. The van der Waals surface area contributed by atoms with Gasteiger partial charge in [0.2, 0.25) is 0 Å². The average molecular weight is 204 g/mol. The summed E-state index contributed by atoms with van der Waals surface area (Å²) in [6, 6.07) is 0. The summed E-state index contributed by atoms with van der Waals surface area (Å²) < 4.78 is 0. The summed E-state index contributed by atoms with van der Waals surface area (Å²) in [6.07, 6.45) is -0.507. The lowest BCUT2D eigenvalue weighted by Gasteiger charge is -2.14. The molecule has 0 aromatic heterocycles. The fourth-order valence-corrected chi connectivity index (χ4v) is 1.04. The highest BCUT2D eigenvalue weighted by Crippen LogP contribution is 2.18. The smallest absolute Gasteiger partial charge is 0.307 e. The number of carbonyl (C=O) groups is 3. The molecule has 0 radical (unpaired) electrons. The summed E-state index contributed by atoms with van der Waals surface area (Å²) in [4.78, 5) is 31.3. The van der Waals surface area contributed by atoms with Gasteiger partial charge in [-0.05, 0) is 6.42 Å². The molecule has 0 aromatic rings. The fraction of sp³-hybridized carbons (Fsp3) is 0.625. The standard InChI is InChI=1S/C8H12O6/c1-4(7(11)12)5(8(13)14)2-3-6(9)10/h4-5H,2-3H2,1H3,(H,9,10)(H,11,12)(H,13,14). The van der Waals surface area contributed by atoms with Crippen LogP contribution in [0.3, 0.4) is 0 Å². The summed E-state index contributed by atoms with van der Waals surface area (Å²) in [5.74, 6) is -5.87. The van der Waals surface area contributed by atoms with Gasteiger partial charge in [-0.1, -0.05) is 6.92 Å². The number of carboxylic acid groups (broad SMARTS) is 3. The van der Waals surface area contributed by atoms with Crippen LogP contribution >= 0.6 is 0 Å². The molecular formula is C8H12O6. The average Bonchev–Trinajstić information content (AvgIpc) is 2.02. The number of hydrogen-bond donors (Lipinski definition) is 3. The number of carboxylic acids is 3. The van der Waals surface area contributed by atoms with Gasteiger partial charge in [0, 0.05) is 6.42 Å². The van der Waals surface area contributed by atoms with E-state index in [-0.39, 0.29) is 12.8 Å². The molecule has 0 saturated carbocycles. The Hall–Kier alpha value is -1.59. The van der Waals surface area contributed by atoms with Crippen molar-refractivity contribution in [3.05, 3.63) is 0 Å². The van der Waals surface area contributed by atoms with Crippen molar-refractivity contribution < 1.29 is 29.7 Å². The van der Waals surface area contributed by atoms with Crippen molar-refractivity contribution in [3.63, 3.8) is 0 Å². The highest BCUT2D eigenvalue weighted by atomic mass is 16.4. The van der Waals surface area contributed by atoms with E-state index in [4.69, 9.17) is 15.3 Å². The molecule has 0 aromatic carbocycles. The van der Waals surface area contributed by atoms with Gasteiger partial charge >= 0.3 is 17.9 Å². The maximum absolute atomic E-state index is 10.6. The molecule has 3 N–H and O–H groups in total. The summed E-state index contributed by atoms with van der Waals surface area (Å²) >= 11 is 0. The molecule has 0 rings (SSSR count). The van der Waals surface area contributed by atoms with Crippen LogP contribution < -0.4 is 0 Å². The van der Waals surface area contributed by atoms with Crippen molar-refractivity contribution in [2.45, 2.75) is 19.8 Å². The minimum Gasteiger partial charge on any atom is -0.481 e. The van der Waals surface area contributed by atoms with E-state index in [0.29, 0.717) is 0 Å². The second-order valence-electron chi connectivity index (χ2n) is 3.00. The Morgan fingerprint density at radius 3 is 1.86 bits per heavy atom. The van der Waals surface area contributed by atoms with Crippen molar-refractivity contribution in [1.29, 1.82) is 0 Å². The topological polar surface area (TPSA) is 112 Å². The molecular weight excluding hydrogens is 192 g/mol. The Bertz CT molecular complexity index is 246. The van der Waals surface area contributed by atoms with Gasteiger partial charge in [-0.15, -0.1) is 0 Å². The van der Waals surface area contributed by atoms with E-state index in [0.717, 1.165) is 0 Å². The molecule has 0 spiro atoms. The van der Waals surface area contributed by atoms with Gasteiger partial charge in [-0.25, -0.2) is 0 Å². The third kappa shape index (κ3) is 3.88. The molecule has 2 atom stereocenters. The van der Waals surface area contributed by atoms with Gasteiger partial charge in [-0.2, -0.15) is 0 Å². The zero-order valence-corrected chi connectivity index (χ0v) is 7.64. The molecule has 0 heterocycles. The third-order valence-electron chi connectivity index (χ3n) is 1.98. The summed E-state index contributed by atoms with van der Waals surface area (Å²) in [5, 5.41) is 25.5. The van der Waals surface area contributed by atoms with Crippen molar-refractivity contribution in [1.82, 2.24) is 0 Å². The Morgan fingerprint density at radius 1 is 1.07 bits per heavy atom. The van der Waals surface area contributed by atoms with E-state index in [9.17, 15) is 14.4 Å². The lowest BCUT2D eigenvalue weighted by molar-refractivity contribution is -0.154. The summed E-state index contributed by atoms with van der Waals surface area (Å²) in [7, 11) is 0. The molecule has 0 fully saturated rings. The Morgan fingerprint density at radius 2 is 1.57 bits per heavy atom. The van der Waals surface area contributed by atoms with Gasteiger partial charge in [0.15, 0.2) is 0 Å². The van der Waals surface area contributed by atoms with Crippen molar-refractivity contribution in [3.8, 4) is 0 Å². The lowest BCUT2D eigenvalue weighted by Crippen LogP contribution is -2.28. The monoisotopic (exact) mass is 204 g/mol. The first-order chi connectivity index (χ1) is 6.36. The third-order valence-corrected chi connectivity index (χ3v) is 1.98. The zero-order valence-electron chi connectivity index (χ0n) is 7.64. The van der Waals surface area contributed by atoms with Crippen LogP contribution in [-0.2, 0) is 14.4 Å². The van der Waals surface area contributed by atoms with Gasteiger partial charge in [0.1, 0.15) is 0 Å². The largest absolute Gasteiger partial charge is 0.481 e. The Kier molecular flexibility index (Phi) is 4.62. The first-order valence-electron chi connectivity index (χ1n) is 4.03. The lowest BCUT2D eigenvalue weighted by atomic mass is 9.90. The van der Waals surface area contributed by atoms with Crippen LogP contribution in [0.25, 0.3) is 0 Å². The van der Waals surface area contributed by atoms with Crippen LogP contribution in [0.1, 0.15) is 19.8 Å². The quantitative estimate of drug-likeness (QED) is 0.572. The van der Waals surface area contributed by atoms with E-state index in [1.54, 1.807) is 0 Å². The highest BCUT2D eigenvalue weighted by Gasteiger charge is 2.29. The van der Waals surface area contributed by atoms with Gasteiger partial charge in [-0.3, -0.25) is 14.4 Å². The molecule has 0 saturated heterocycles. The van der Waals surface area contributed by atoms with Crippen LogP contribution in [-0.4, -0.2) is 33.2 Å². The van der Waals surface area contributed by atoms with Crippen molar-refractivity contribution in [2.24, 2.45) is 11.8 Å². The zero-order chi connectivity index (χ0) is 11.3. The molecule has 80 valence electrons. The molecule has 0 bridgehead atoms. The molecule has 0 aliphatic rings. The Balaban J connectivity index is 4.37. The van der Waals surface area contributed by atoms with Crippen molar-refractivity contribution >= 4 is 17.9 Å². The second-order valence-corrected chi connectivity index (χ2v) is 3.00. The molecule has 0 aliphatic carbocycles. The van der Waals surface area contributed by atoms with Gasteiger partial charge in [0.25, 0.3) is 0 Å². The molecule has 6 heteroatoms. The summed E-state index contributed by atoms with van der Waals surface area (Å²) in [6.45, 7) is 1.25. The van der Waals surface area contributed by atoms with Gasteiger partial charge in [0.05, 0.1) is 11.8 Å². The Labute approximate surface area is 80.2 Å². The normalized spacial score (nSPS) is 14.4. The van der Waals surface area contributed by atoms with E-state index >= 15 is 0 Å². The molecule has 6 nitrogen and oxygen atoms in total. The van der Waals surface area contributed by atoms with Crippen LogP contribution in [0.5, 0.6) is 0 Å². The SMILES string of the molecule is CC(C(=O)O)C(CCC(=O)O)C(=O)O. The molecule has 14 heavy (non-hydrogen) atoms. The van der Waals surface area contributed by atoms with E-state index in [1.807, 2.05) is 0 Å². The minimum atomic E-state index is -1.28. The van der Waals surface area contributed by atoms with Crippen LogP contribution in [0.4, 0.5) is 0 Å². The molecule has 2 unspecified atom stereocenters. The number of hydrogen-bond acceptors (Lipinski definition) is 3. The summed E-state index contributed by atoms with van der Waals surface area (Å²) in [5.41, 5.74) is 0. The fourth-order valence-electron chi connectivity index (χ4n) is 1.04. The predicted octanol–water partition coefficient (Wildman–Crippen LogP) is 0.273. The first-order valence-corrected chi connectivity index (χ1v) is 4.03. The number of aliphatic carboxylic acids is 3.